The van der Waals surface area contributed by atoms with Crippen molar-refractivity contribution in [2.45, 2.75) is 230 Å². The van der Waals surface area contributed by atoms with E-state index in [-0.39, 0.29) is 101 Å². The van der Waals surface area contributed by atoms with Crippen LogP contribution in [0.2, 0.25) is 5.02 Å². The van der Waals surface area contributed by atoms with Crippen LogP contribution in [0, 0.1) is 17.8 Å². The number of nitrogens with one attached hydrogen (secondary N) is 3. The van der Waals surface area contributed by atoms with Gasteiger partial charge in [-0.2, -0.15) is 26.3 Å². The monoisotopic (exact) mass is 1460 g/mol. The van der Waals surface area contributed by atoms with E-state index in [4.69, 9.17) is 16.3 Å². The van der Waals surface area contributed by atoms with E-state index in [1.54, 1.807) is 20.8 Å². The van der Waals surface area contributed by atoms with E-state index in [1.807, 2.05) is 20.8 Å². The van der Waals surface area contributed by atoms with Crippen LogP contribution in [0.3, 0.4) is 0 Å². The molecule has 11 atom stereocenters. The van der Waals surface area contributed by atoms with Crippen molar-refractivity contribution in [3.63, 3.8) is 0 Å². The fourth-order valence-electron chi connectivity index (χ4n) is 14.6. The number of benzene rings is 2. The lowest BCUT2D eigenvalue weighted by molar-refractivity contribution is -0.160. The molecule has 2 aliphatic carbocycles. The molecule has 5 aliphatic rings. The van der Waals surface area contributed by atoms with Crippen LogP contribution in [0.5, 0.6) is 0 Å². The van der Waals surface area contributed by atoms with Crippen LogP contribution in [0.1, 0.15) is 161 Å². The van der Waals surface area contributed by atoms with Gasteiger partial charge in [0.25, 0.3) is 0 Å². The predicted molar refractivity (Wildman–Crippen MR) is 366 cm³/mol. The maximum atomic E-state index is 15.4. The summed E-state index contributed by atoms with van der Waals surface area (Å²) in [4.78, 5) is 174. The first kappa shape index (κ1) is 81.7. The highest BCUT2D eigenvalue weighted by Gasteiger charge is 2.54. The molecule has 102 heavy (non-hydrogen) atoms. The SMILES string of the molecule is CCO[C@@H]1C[C@H]2C(=O)NC3(CCC3)C(=O)N(C)[C@@H](C3CCCC3)C(=O)N(C)[C@H](C)CC(=O)N(C)[C@@H](CC(C)C)C(=O)N[C@@H]([C@@H](C)CC)C(=O)N(C)[C@@H](C)C(=O)N3CC[C@H]3C(=O)N(CC)[C@@H](Cc3ccc(C(F)(F)F)cc3)C(=O)N(C)CC(=O)N[C@@H](CCc3ccc(C(F)(F)F)c(Cl)c3)C(=O)N2C1. The van der Waals surface area contributed by atoms with Crippen molar-refractivity contribution in [2.24, 2.45) is 17.8 Å². The molecule has 0 radical (unpaired) electrons. The predicted octanol–water partition coefficient (Wildman–Crippen LogP) is 6.88. The molecule has 5 fully saturated rings. The van der Waals surface area contributed by atoms with Gasteiger partial charge in [-0.05, 0) is 139 Å². The maximum absolute atomic E-state index is 15.4. The summed E-state index contributed by atoms with van der Waals surface area (Å²) in [6.07, 6.45) is -7.44. The van der Waals surface area contributed by atoms with Gasteiger partial charge in [0.05, 0.1) is 28.8 Å². The Kier molecular flexibility index (Phi) is 27.5. The summed E-state index contributed by atoms with van der Waals surface area (Å²) in [5, 5.41) is 7.92. The summed E-state index contributed by atoms with van der Waals surface area (Å²) in [7, 11) is 7.11. The normalized spacial score (nSPS) is 27.2. The summed E-state index contributed by atoms with van der Waals surface area (Å²) < 4.78 is 89.5. The van der Waals surface area contributed by atoms with Gasteiger partial charge < -0.3 is 59.9 Å². The quantitative estimate of drug-likeness (QED) is 0.174. The third-order valence-corrected chi connectivity index (χ3v) is 21.8. The smallest absolute Gasteiger partial charge is 0.377 e. The van der Waals surface area contributed by atoms with Gasteiger partial charge in [0.2, 0.25) is 65.0 Å². The number of hydrogen-bond acceptors (Lipinski definition) is 12. The molecule has 2 aromatic carbocycles. The molecular formula is C72H102ClF6N11O12. The van der Waals surface area contributed by atoms with E-state index in [0.717, 1.165) is 70.0 Å². The van der Waals surface area contributed by atoms with Gasteiger partial charge in [-0.25, -0.2) is 0 Å². The van der Waals surface area contributed by atoms with Gasteiger partial charge in [-0.15, -0.1) is 0 Å². The second-order valence-electron chi connectivity index (χ2n) is 28.8. The number of carbonyl (C=O) groups excluding carboxylic acids is 11. The van der Waals surface area contributed by atoms with E-state index in [9.17, 15) is 50.3 Å². The Morgan fingerprint density at radius 3 is 1.84 bits per heavy atom. The molecule has 0 aromatic heterocycles. The molecule has 11 amide bonds. The van der Waals surface area contributed by atoms with Crippen molar-refractivity contribution in [2.75, 3.05) is 68.0 Å². The fourth-order valence-corrected chi connectivity index (χ4v) is 14.9. The first-order chi connectivity index (χ1) is 47.8. The topological polar surface area (TPSA) is 259 Å². The van der Waals surface area contributed by atoms with Gasteiger partial charge >= 0.3 is 12.4 Å². The van der Waals surface area contributed by atoms with Gasteiger partial charge in [-0.1, -0.05) is 76.8 Å². The van der Waals surface area contributed by atoms with Gasteiger partial charge in [0.1, 0.15) is 53.9 Å². The van der Waals surface area contributed by atoms with Crippen LogP contribution < -0.4 is 16.0 Å². The highest BCUT2D eigenvalue weighted by molar-refractivity contribution is 6.31. The Balaban J connectivity index is 1.30. The number of halogens is 7. The number of alkyl halides is 6. The molecule has 3 heterocycles. The van der Waals surface area contributed by atoms with Crippen molar-refractivity contribution in [3.8, 4) is 0 Å². The Bertz CT molecular complexity index is 3390. The van der Waals surface area contributed by atoms with E-state index >= 15 is 28.8 Å². The average Bonchev–Trinajstić information content (AvgIpc) is 1.19. The van der Waals surface area contributed by atoms with E-state index in [1.165, 1.54) is 73.6 Å². The summed E-state index contributed by atoms with van der Waals surface area (Å²) in [5.74, 6) is -8.75. The number of ether oxygens (including phenoxy) is 1. The standard InChI is InChI=1S/C72H102ClF6N11O12/c1-14-42(6)59-67(99)85(11)44(8)63(95)89-33-30-53(89)66(98)88(15-2)56(37-46-22-26-48(27-23-46)71(74,75)76)65(97)83(9)40-57(91)80-52(29-25-45-24-28-50(51(73)36-45)72(77,78)79)64(96)90-39-49(102-16-3)38-55(90)62(94)82-70(31-19-32-70)69(101)87(13)60(47-20-17-18-21-47)68(100)84(10)43(7)35-58(92)86(12)54(34-41(4)5)61(93)81-59/h22-24,26-28,36,41-44,47,49,52-56,59-60H,14-21,25,29-35,37-40H2,1-13H3,(H,80,91)(H,81,93)(H,82,94)/t42-,43+,44-,49+,52-,53-,54-,55-,56-,59-,60-/m0/s1. The highest BCUT2D eigenvalue weighted by Crippen LogP contribution is 2.40. The zero-order valence-electron chi connectivity index (χ0n) is 60.8. The minimum Gasteiger partial charge on any atom is -0.377 e. The number of nitrogens with zero attached hydrogens (tertiary/aromatic N) is 8. The molecule has 23 nitrogen and oxygen atoms in total. The van der Waals surface area contributed by atoms with Gasteiger partial charge in [-0.3, -0.25) is 52.7 Å². The highest BCUT2D eigenvalue weighted by atomic mass is 35.5. The fraction of sp³-hybridized carbons (Fsp3) is 0.681. The number of rotatable bonds is 13. The zero-order chi connectivity index (χ0) is 75.8. The Hall–Kier alpha value is -7.56. The van der Waals surface area contributed by atoms with Crippen LogP contribution in [-0.2, 0) is 82.7 Å². The van der Waals surface area contributed by atoms with Crippen molar-refractivity contribution in [1.29, 1.82) is 0 Å². The molecular weight excluding hydrogens is 1360 g/mol. The van der Waals surface area contributed by atoms with Crippen LogP contribution >= 0.6 is 11.6 Å². The lowest BCUT2D eigenvalue weighted by Crippen LogP contribution is -2.68. The summed E-state index contributed by atoms with van der Waals surface area (Å²) in [5.41, 5.74) is -3.30. The third-order valence-electron chi connectivity index (χ3n) is 21.5. The second kappa shape index (κ2) is 34.4. The van der Waals surface area contributed by atoms with Crippen molar-refractivity contribution in [3.05, 3.63) is 69.7 Å². The van der Waals surface area contributed by atoms with Crippen molar-refractivity contribution in [1.82, 2.24) is 55.1 Å². The number of amides is 11. The van der Waals surface area contributed by atoms with Crippen LogP contribution in [0.15, 0.2) is 42.5 Å². The maximum Gasteiger partial charge on any atom is 0.417 e. The number of aryl methyl sites for hydroxylation is 1. The Labute approximate surface area is 598 Å². The molecule has 3 saturated heterocycles. The summed E-state index contributed by atoms with van der Waals surface area (Å²) >= 11 is 6.15. The number of fused-ring (bicyclic) bond motifs is 2. The summed E-state index contributed by atoms with van der Waals surface area (Å²) in [6, 6.07) is -4.29. The first-order valence-corrected chi connectivity index (χ1v) is 36.0. The summed E-state index contributed by atoms with van der Waals surface area (Å²) in [6.45, 7) is 12.6. The first-order valence-electron chi connectivity index (χ1n) is 35.6. The van der Waals surface area contributed by atoms with Crippen LogP contribution in [0.25, 0.3) is 0 Å². The van der Waals surface area contributed by atoms with Gasteiger partial charge in [0.15, 0.2) is 0 Å². The third kappa shape index (κ3) is 18.9. The molecule has 7 rings (SSSR count). The van der Waals surface area contributed by atoms with E-state index < -0.39 is 178 Å². The number of hydrogen-bond donors (Lipinski definition) is 3. The molecule has 3 aliphatic heterocycles. The van der Waals surface area contributed by atoms with Crippen LogP contribution in [0.4, 0.5) is 26.3 Å². The van der Waals surface area contributed by atoms with E-state index in [0.29, 0.717) is 25.7 Å². The Morgan fingerprint density at radius 1 is 0.667 bits per heavy atom. The molecule has 566 valence electrons. The molecule has 0 unspecified atom stereocenters. The number of likely N-dealkylation sites (N-methyl/N-ethyl adjacent to an activating group) is 6. The molecule has 2 aromatic rings. The largest absolute Gasteiger partial charge is 0.417 e. The van der Waals surface area contributed by atoms with Crippen molar-refractivity contribution < 1.29 is 83.8 Å². The molecule has 3 N–H and O–H groups in total. The lowest BCUT2D eigenvalue weighted by atomic mass is 9.74. The minimum atomic E-state index is -4.81. The van der Waals surface area contributed by atoms with Crippen molar-refractivity contribution >= 4 is 76.6 Å². The van der Waals surface area contributed by atoms with Gasteiger partial charge in [0, 0.05) is 86.8 Å². The molecule has 30 heteroatoms. The average molecular weight is 1460 g/mol. The Morgan fingerprint density at radius 2 is 1.30 bits per heavy atom. The zero-order valence-corrected chi connectivity index (χ0v) is 61.6. The number of carbonyl (C=O) groups is 11. The lowest BCUT2D eigenvalue weighted by Gasteiger charge is -2.46. The molecule has 0 bridgehead atoms. The second-order valence-corrected chi connectivity index (χ2v) is 29.2. The molecule has 1 spiro atoms. The minimum absolute atomic E-state index is 0.0294. The van der Waals surface area contributed by atoms with E-state index in [2.05, 4.69) is 16.0 Å². The van der Waals surface area contributed by atoms with Crippen LogP contribution in [-0.4, -0.2) is 238 Å². The molecule has 2 saturated carbocycles.